The largest absolute Gasteiger partial charge is 0.480 e. The molecule has 0 aromatic heterocycles. The molecule has 64 valence electrons. The summed E-state index contributed by atoms with van der Waals surface area (Å²) in [6.07, 6.45) is 3.81. The highest BCUT2D eigenvalue weighted by Crippen LogP contribution is 2.31. The summed E-state index contributed by atoms with van der Waals surface area (Å²) in [5, 5.41) is 11.5. The van der Waals surface area contributed by atoms with Crippen LogP contribution in [0.5, 0.6) is 0 Å². The third-order valence-electron chi connectivity index (χ3n) is 2.07. The van der Waals surface area contributed by atoms with Gasteiger partial charge in [0.25, 0.3) is 0 Å². The molecule has 3 nitrogen and oxygen atoms in total. The average Bonchev–Trinajstić information content (AvgIpc) is 2.71. The van der Waals surface area contributed by atoms with E-state index in [0.29, 0.717) is 0 Å². The molecule has 0 aliphatic heterocycles. The van der Waals surface area contributed by atoms with E-state index in [2.05, 4.69) is 5.32 Å². The fraction of sp³-hybridized carbons (Fsp3) is 0.875. The van der Waals surface area contributed by atoms with Gasteiger partial charge in [-0.05, 0) is 25.8 Å². The lowest BCUT2D eigenvalue weighted by molar-refractivity contribution is -0.138. The second-order valence-corrected chi connectivity index (χ2v) is 3.25. The Balaban J connectivity index is 1.96. The van der Waals surface area contributed by atoms with Gasteiger partial charge in [-0.25, -0.2) is 0 Å². The second-order valence-electron chi connectivity index (χ2n) is 3.25. The zero-order chi connectivity index (χ0) is 8.27. The van der Waals surface area contributed by atoms with Crippen LogP contribution in [-0.2, 0) is 4.79 Å². The van der Waals surface area contributed by atoms with Gasteiger partial charge in [0.15, 0.2) is 0 Å². The van der Waals surface area contributed by atoms with Crippen molar-refractivity contribution < 1.29 is 9.90 Å². The SMILES string of the molecule is C[C@@H](NCCC1CC1)C(=O)O. The summed E-state index contributed by atoms with van der Waals surface area (Å²) in [4.78, 5) is 10.3. The van der Waals surface area contributed by atoms with Crippen LogP contribution in [-0.4, -0.2) is 23.7 Å². The number of hydrogen-bond acceptors (Lipinski definition) is 2. The van der Waals surface area contributed by atoms with Gasteiger partial charge in [0.2, 0.25) is 0 Å². The summed E-state index contributed by atoms with van der Waals surface area (Å²) in [5.41, 5.74) is 0. The molecule has 0 aromatic carbocycles. The van der Waals surface area contributed by atoms with Gasteiger partial charge >= 0.3 is 5.97 Å². The highest BCUT2D eigenvalue weighted by molar-refractivity contribution is 5.72. The van der Waals surface area contributed by atoms with Gasteiger partial charge in [-0.15, -0.1) is 0 Å². The fourth-order valence-electron chi connectivity index (χ4n) is 0.998. The van der Waals surface area contributed by atoms with Crippen LogP contribution in [0.25, 0.3) is 0 Å². The lowest BCUT2D eigenvalue weighted by Crippen LogP contribution is -2.34. The first kappa shape index (κ1) is 8.53. The Morgan fingerprint density at radius 2 is 2.36 bits per heavy atom. The number of nitrogens with one attached hydrogen (secondary N) is 1. The number of aliphatic carboxylic acids is 1. The Hall–Kier alpha value is -0.570. The lowest BCUT2D eigenvalue weighted by Gasteiger charge is -2.07. The summed E-state index contributed by atoms with van der Waals surface area (Å²) in [6, 6.07) is -0.395. The van der Waals surface area contributed by atoms with Crippen LogP contribution in [0.1, 0.15) is 26.2 Å². The minimum absolute atomic E-state index is 0.395. The van der Waals surface area contributed by atoms with Gasteiger partial charge in [0.1, 0.15) is 6.04 Å². The highest BCUT2D eigenvalue weighted by Gasteiger charge is 2.20. The molecule has 1 rings (SSSR count). The molecule has 1 aliphatic rings. The summed E-state index contributed by atoms with van der Waals surface area (Å²) in [6.45, 7) is 2.52. The molecule has 1 atom stereocenters. The average molecular weight is 157 g/mol. The molecule has 1 saturated carbocycles. The van der Waals surface area contributed by atoms with Crippen LogP contribution in [0.3, 0.4) is 0 Å². The molecule has 11 heavy (non-hydrogen) atoms. The van der Waals surface area contributed by atoms with Crippen LogP contribution in [0.2, 0.25) is 0 Å². The summed E-state index contributed by atoms with van der Waals surface area (Å²) >= 11 is 0. The Kier molecular flexibility index (Phi) is 2.88. The van der Waals surface area contributed by atoms with Gasteiger partial charge in [-0.3, -0.25) is 4.79 Å². The van der Waals surface area contributed by atoms with Gasteiger partial charge < -0.3 is 10.4 Å². The number of carboxylic acid groups (broad SMARTS) is 1. The Bertz CT molecular complexity index is 143. The maximum absolute atomic E-state index is 10.3. The van der Waals surface area contributed by atoms with E-state index < -0.39 is 12.0 Å². The van der Waals surface area contributed by atoms with E-state index in [1.54, 1.807) is 6.92 Å². The lowest BCUT2D eigenvalue weighted by atomic mass is 10.2. The number of rotatable bonds is 5. The summed E-state index contributed by atoms with van der Waals surface area (Å²) < 4.78 is 0. The third kappa shape index (κ3) is 3.37. The second kappa shape index (κ2) is 3.72. The normalized spacial score (nSPS) is 19.7. The first-order valence-electron chi connectivity index (χ1n) is 4.16. The maximum atomic E-state index is 10.3. The zero-order valence-electron chi connectivity index (χ0n) is 6.84. The smallest absolute Gasteiger partial charge is 0.320 e. The van der Waals surface area contributed by atoms with Gasteiger partial charge in [-0.2, -0.15) is 0 Å². The minimum Gasteiger partial charge on any atom is -0.480 e. The first-order chi connectivity index (χ1) is 5.20. The van der Waals surface area contributed by atoms with E-state index in [0.717, 1.165) is 18.9 Å². The number of hydrogen-bond donors (Lipinski definition) is 2. The highest BCUT2D eigenvalue weighted by atomic mass is 16.4. The fourth-order valence-corrected chi connectivity index (χ4v) is 0.998. The molecule has 0 amide bonds. The van der Waals surface area contributed by atoms with Crippen molar-refractivity contribution in [3.8, 4) is 0 Å². The van der Waals surface area contributed by atoms with Crippen molar-refractivity contribution in [2.75, 3.05) is 6.54 Å². The molecular formula is C8H15NO2. The zero-order valence-corrected chi connectivity index (χ0v) is 6.84. The van der Waals surface area contributed by atoms with Gasteiger partial charge in [0, 0.05) is 0 Å². The Labute approximate surface area is 66.8 Å². The molecule has 3 heteroatoms. The van der Waals surface area contributed by atoms with E-state index in [-0.39, 0.29) is 0 Å². The number of carbonyl (C=O) groups is 1. The maximum Gasteiger partial charge on any atom is 0.320 e. The minimum atomic E-state index is -0.763. The quantitative estimate of drug-likeness (QED) is 0.622. The number of carboxylic acids is 1. The molecule has 0 radical (unpaired) electrons. The summed E-state index contributed by atoms with van der Waals surface area (Å²) in [5.74, 6) is 0.115. The topological polar surface area (TPSA) is 49.3 Å². The molecule has 0 bridgehead atoms. The molecule has 2 N–H and O–H groups in total. The standard InChI is InChI=1S/C8H15NO2/c1-6(8(10)11)9-5-4-7-2-3-7/h6-7,9H,2-5H2,1H3,(H,10,11)/t6-/m1/s1. The molecule has 0 unspecified atom stereocenters. The van der Waals surface area contributed by atoms with Crippen molar-refractivity contribution in [2.45, 2.75) is 32.2 Å². The first-order valence-corrected chi connectivity index (χ1v) is 4.16. The van der Waals surface area contributed by atoms with Gasteiger partial charge in [0.05, 0.1) is 0 Å². The van der Waals surface area contributed by atoms with Crippen LogP contribution >= 0.6 is 0 Å². The molecule has 0 spiro atoms. The monoisotopic (exact) mass is 157 g/mol. The summed E-state index contributed by atoms with van der Waals surface area (Å²) in [7, 11) is 0. The Morgan fingerprint density at radius 3 is 2.82 bits per heavy atom. The van der Waals surface area contributed by atoms with Crippen molar-refractivity contribution in [3.05, 3.63) is 0 Å². The van der Waals surface area contributed by atoms with Crippen LogP contribution in [0, 0.1) is 5.92 Å². The van der Waals surface area contributed by atoms with Crippen molar-refractivity contribution >= 4 is 5.97 Å². The van der Waals surface area contributed by atoms with E-state index in [1.165, 1.54) is 12.8 Å². The van der Waals surface area contributed by atoms with Crippen molar-refractivity contribution in [1.29, 1.82) is 0 Å². The van der Waals surface area contributed by atoms with Crippen LogP contribution in [0.15, 0.2) is 0 Å². The van der Waals surface area contributed by atoms with Crippen molar-refractivity contribution in [2.24, 2.45) is 5.92 Å². The van der Waals surface area contributed by atoms with Crippen LogP contribution in [0.4, 0.5) is 0 Å². The van der Waals surface area contributed by atoms with E-state index in [1.807, 2.05) is 0 Å². The van der Waals surface area contributed by atoms with Crippen molar-refractivity contribution in [3.63, 3.8) is 0 Å². The molecule has 0 saturated heterocycles. The third-order valence-corrected chi connectivity index (χ3v) is 2.07. The van der Waals surface area contributed by atoms with Gasteiger partial charge in [-0.1, -0.05) is 12.8 Å². The molecular weight excluding hydrogens is 142 g/mol. The van der Waals surface area contributed by atoms with Crippen molar-refractivity contribution in [1.82, 2.24) is 5.32 Å². The Morgan fingerprint density at radius 1 is 1.73 bits per heavy atom. The molecule has 0 heterocycles. The van der Waals surface area contributed by atoms with Crippen LogP contribution < -0.4 is 5.32 Å². The molecule has 1 aliphatic carbocycles. The predicted octanol–water partition coefficient (Wildman–Crippen LogP) is 0.849. The molecule has 0 aromatic rings. The molecule has 1 fully saturated rings. The van der Waals surface area contributed by atoms with E-state index in [4.69, 9.17) is 5.11 Å². The van der Waals surface area contributed by atoms with E-state index in [9.17, 15) is 4.79 Å². The van der Waals surface area contributed by atoms with E-state index >= 15 is 0 Å². The predicted molar refractivity (Wildman–Crippen MR) is 42.4 cm³/mol.